The Hall–Kier alpha value is -1.02. The zero-order valence-electron chi connectivity index (χ0n) is 11.3. The number of hydrogen-bond donors (Lipinski definition) is 2. The molecule has 0 amide bonds. The molecule has 4 heterocycles. The normalized spacial score (nSPS) is 14.5. The van der Waals surface area contributed by atoms with Gasteiger partial charge in [-0.1, -0.05) is 0 Å². The highest BCUT2D eigenvalue weighted by atomic mass is 32.1. The van der Waals surface area contributed by atoms with Crippen LogP contribution in [-0.2, 0) is 0 Å². The summed E-state index contributed by atoms with van der Waals surface area (Å²) < 4.78 is 2.15. The van der Waals surface area contributed by atoms with Crippen LogP contribution < -0.4 is 0 Å². The average Bonchev–Trinajstić information content (AvgIpc) is 3.30. The van der Waals surface area contributed by atoms with Gasteiger partial charge < -0.3 is 10.2 Å². The highest BCUT2D eigenvalue weighted by Gasteiger charge is 2.22. The zero-order chi connectivity index (χ0) is 15.1. The van der Waals surface area contributed by atoms with Gasteiger partial charge in [-0.25, -0.2) is 0 Å². The Morgan fingerprint density at radius 1 is 0.682 bits per heavy atom. The Morgan fingerprint density at radius 2 is 1.14 bits per heavy atom. The van der Waals surface area contributed by atoms with Crippen molar-refractivity contribution in [3.63, 3.8) is 0 Å². The van der Waals surface area contributed by atoms with Crippen LogP contribution in [-0.4, -0.2) is 10.2 Å². The maximum Gasteiger partial charge on any atom is 0.107 e. The summed E-state index contributed by atoms with van der Waals surface area (Å²) in [4.78, 5) is 0. The Morgan fingerprint density at radius 3 is 1.50 bits per heavy atom. The molecule has 112 valence electrons. The predicted octanol–water partition coefficient (Wildman–Crippen LogP) is 5.25. The third-order valence-corrected chi connectivity index (χ3v) is 7.27. The summed E-state index contributed by atoms with van der Waals surface area (Å²) in [5.41, 5.74) is 3.73. The molecule has 0 aliphatic carbocycles. The number of aliphatic hydroxyl groups is 2. The summed E-state index contributed by atoms with van der Waals surface area (Å²) in [5, 5.41) is 33.0. The van der Waals surface area contributed by atoms with Crippen LogP contribution in [0, 0.1) is 0 Å². The molecule has 2 N–H and O–H groups in total. The van der Waals surface area contributed by atoms with Crippen molar-refractivity contribution in [1.29, 1.82) is 0 Å². The lowest BCUT2D eigenvalue weighted by molar-refractivity contribution is 0.222. The molecule has 4 rings (SSSR count). The smallest absolute Gasteiger partial charge is 0.107 e. The Bertz CT molecular complexity index is 797. The van der Waals surface area contributed by atoms with Gasteiger partial charge in [0.05, 0.1) is 9.40 Å². The first-order chi connectivity index (χ1) is 10.8. The van der Waals surface area contributed by atoms with Crippen LogP contribution in [0.15, 0.2) is 44.4 Å². The summed E-state index contributed by atoms with van der Waals surface area (Å²) in [7, 11) is 0. The lowest BCUT2D eigenvalue weighted by atomic mass is 10.1. The minimum Gasteiger partial charge on any atom is -0.384 e. The third kappa shape index (κ3) is 2.36. The standard InChI is InChI=1S/C16H12O2S4/c17-13(9-1-3-19-5-9)11-7-21-16-12(8-22-15(11)16)14(18)10-2-4-20-6-10/h1-8,13-14,17-18H. The number of thiophene rings is 4. The molecule has 2 atom stereocenters. The first-order valence-corrected chi connectivity index (χ1v) is 10.3. The molecule has 6 heteroatoms. The highest BCUT2D eigenvalue weighted by molar-refractivity contribution is 7.26. The van der Waals surface area contributed by atoms with Crippen molar-refractivity contribution in [2.75, 3.05) is 0 Å². The van der Waals surface area contributed by atoms with Crippen LogP contribution in [0.3, 0.4) is 0 Å². The second-order valence-corrected chi connectivity index (χ2v) is 8.28. The van der Waals surface area contributed by atoms with E-state index < -0.39 is 12.2 Å². The SMILES string of the molecule is OC(c1ccsc1)c1csc2c(C(O)c3ccsc3)csc12. The van der Waals surface area contributed by atoms with E-state index in [1.807, 2.05) is 44.4 Å². The van der Waals surface area contributed by atoms with E-state index in [0.717, 1.165) is 31.7 Å². The molecule has 0 aromatic carbocycles. The van der Waals surface area contributed by atoms with Gasteiger partial charge in [-0.15, -0.1) is 22.7 Å². The Labute approximate surface area is 143 Å². The number of fused-ring (bicyclic) bond motifs is 1. The molecule has 0 bridgehead atoms. The summed E-state index contributed by atoms with van der Waals surface area (Å²) in [6, 6.07) is 3.90. The maximum atomic E-state index is 10.6. The molecule has 4 aromatic rings. The fourth-order valence-corrected chi connectivity index (χ4v) is 6.30. The molecule has 0 saturated heterocycles. The first kappa shape index (κ1) is 14.6. The van der Waals surface area contributed by atoms with Crippen LogP contribution in [0.2, 0.25) is 0 Å². The maximum absolute atomic E-state index is 10.6. The molecule has 2 unspecified atom stereocenters. The second-order valence-electron chi connectivity index (χ2n) is 4.96. The molecule has 0 radical (unpaired) electrons. The molecule has 0 spiro atoms. The van der Waals surface area contributed by atoms with Gasteiger partial charge in [0, 0.05) is 11.1 Å². The summed E-state index contributed by atoms with van der Waals surface area (Å²) >= 11 is 6.37. The lowest BCUT2D eigenvalue weighted by Crippen LogP contribution is -1.96. The van der Waals surface area contributed by atoms with E-state index >= 15 is 0 Å². The number of aliphatic hydroxyl groups excluding tert-OH is 2. The molecule has 2 nitrogen and oxygen atoms in total. The molecule has 22 heavy (non-hydrogen) atoms. The summed E-state index contributed by atoms with van der Waals surface area (Å²) in [5.74, 6) is 0. The van der Waals surface area contributed by atoms with Gasteiger partial charge in [0.1, 0.15) is 12.2 Å². The van der Waals surface area contributed by atoms with Crippen LogP contribution in [0.25, 0.3) is 9.40 Å². The van der Waals surface area contributed by atoms with Gasteiger partial charge >= 0.3 is 0 Å². The van der Waals surface area contributed by atoms with E-state index in [-0.39, 0.29) is 0 Å². The van der Waals surface area contributed by atoms with E-state index in [1.54, 1.807) is 45.3 Å². The van der Waals surface area contributed by atoms with Crippen LogP contribution in [0.1, 0.15) is 34.5 Å². The highest BCUT2D eigenvalue weighted by Crippen LogP contribution is 2.42. The van der Waals surface area contributed by atoms with Gasteiger partial charge in [0.2, 0.25) is 0 Å². The fourth-order valence-electron chi connectivity index (χ4n) is 2.45. The van der Waals surface area contributed by atoms with Crippen LogP contribution >= 0.6 is 45.3 Å². The zero-order valence-corrected chi connectivity index (χ0v) is 14.6. The number of rotatable bonds is 4. The Kier molecular flexibility index (Phi) is 3.89. The van der Waals surface area contributed by atoms with Crippen molar-refractivity contribution in [3.8, 4) is 0 Å². The first-order valence-electron chi connectivity index (χ1n) is 6.64. The minimum atomic E-state index is -0.593. The van der Waals surface area contributed by atoms with E-state index in [4.69, 9.17) is 0 Å². The van der Waals surface area contributed by atoms with Crippen molar-refractivity contribution in [2.24, 2.45) is 0 Å². The molecule has 0 aliphatic heterocycles. The lowest BCUT2D eigenvalue weighted by Gasteiger charge is -2.07. The largest absolute Gasteiger partial charge is 0.384 e. The van der Waals surface area contributed by atoms with E-state index in [0.29, 0.717) is 0 Å². The van der Waals surface area contributed by atoms with E-state index in [2.05, 4.69) is 0 Å². The van der Waals surface area contributed by atoms with Crippen LogP contribution in [0.5, 0.6) is 0 Å². The summed E-state index contributed by atoms with van der Waals surface area (Å²) in [6.45, 7) is 0. The van der Waals surface area contributed by atoms with Crippen molar-refractivity contribution >= 4 is 54.7 Å². The van der Waals surface area contributed by atoms with Crippen LogP contribution in [0.4, 0.5) is 0 Å². The van der Waals surface area contributed by atoms with Crippen molar-refractivity contribution in [2.45, 2.75) is 12.2 Å². The van der Waals surface area contributed by atoms with Crippen molar-refractivity contribution < 1.29 is 10.2 Å². The topological polar surface area (TPSA) is 40.5 Å². The minimum absolute atomic E-state index is 0.593. The van der Waals surface area contributed by atoms with Crippen molar-refractivity contribution in [1.82, 2.24) is 0 Å². The molecule has 0 aliphatic rings. The monoisotopic (exact) mass is 364 g/mol. The van der Waals surface area contributed by atoms with E-state index in [9.17, 15) is 10.2 Å². The van der Waals surface area contributed by atoms with Gasteiger partial charge in [0.15, 0.2) is 0 Å². The quantitative estimate of drug-likeness (QED) is 0.519. The number of hydrogen-bond acceptors (Lipinski definition) is 6. The Balaban J connectivity index is 1.76. The molecular weight excluding hydrogens is 352 g/mol. The molecule has 0 saturated carbocycles. The van der Waals surface area contributed by atoms with Gasteiger partial charge in [-0.2, -0.15) is 22.7 Å². The van der Waals surface area contributed by atoms with Gasteiger partial charge in [0.25, 0.3) is 0 Å². The fraction of sp³-hybridized carbons (Fsp3) is 0.125. The molecule has 0 fully saturated rings. The molecular formula is C16H12O2S4. The van der Waals surface area contributed by atoms with Gasteiger partial charge in [-0.3, -0.25) is 0 Å². The second kappa shape index (κ2) is 5.88. The third-order valence-electron chi connectivity index (χ3n) is 3.65. The predicted molar refractivity (Wildman–Crippen MR) is 96.5 cm³/mol. The molecule has 4 aromatic heterocycles. The summed E-state index contributed by atoms with van der Waals surface area (Å²) in [6.07, 6.45) is -1.19. The van der Waals surface area contributed by atoms with E-state index in [1.165, 1.54) is 0 Å². The average molecular weight is 365 g/mol. The van der Waals surface area contributed by atoms with Gasteiger partial charge in [-0.05, 0) is 55.5 Å². The van der Waals surface area contributed by atoms with Crippen molar-refractivity contribution in [3.05, 3.63) is 66.7 Å².